The third-order valence-electron chi connectivity index (χ3n) is 6.79. The Morgan fingerprint density at radius 3 is 2.69 bits per heavy atom. The van der Waals surface area contributed by atoms with Gasteiger partial charge in [-0.2, -0.15) is 4.80 Å². The first-order chi connectivity index (χ1) is 17.0. The standard InChI is InChI=1S/C26H29N5O4/c1-35-23-14-19(8-7-18(23)9-12-24-28-30-31(29-24)15-25(32)33)21(13-16-3-2-4-16)22-11-10-20(17-5-6-17)26(34)27-22/h7-8,10-11,13-14,16-17H,2-6,9,12,15H2,1H3,(H,27,34)(H,32,33)/b21-13+. The van der Waals surface area contributed by atoms with Gasteiger partial charge < -0.3 is 14.8 Å². The number of benzene rings is 1. The molecule has 0 spiro atoms. The maximum absolute atomic E-state index is 12.7. The van der Waals surface area contributed by atoms with Gasteiger partial charge in [-0.3, -0.25) is 9.59 Å². The summed E-state index contributed by atoms with van der Waals surface area (Å²) in [4.78, 5) is 27.8. The van der Waals surface area contributed by atoms with E-state index in [9.17, 15) is 9.59 Å². The molecule has 2 fully saturated rings. The number of nitrogens with one attached hydrogen (secondary N) is 1. The van der Waals surface area contributed by atoms with Crippen LogP contribution >= 0.6 is 0 Å². The summed E-state index contributed by atoms with van der Waals surface area (Å²) in [6.07, 6.45) is 9.17. The van der Waals surface area contributed by atoms with Gasteiger partial charge in [-0.15, -0.1) is 10.2 Å². The number of hydrogen-bond donors (Lipinski definition) is 2. The lowest BCUT2D eigenvalue weighted by Gasteiger charge is -2.24. The SMILES string of the molecule is COc1cc(/C(=C\C2CCC2)c2ccc(C3CC3)c(=O)[nH]2)ccc1CCc1nnn(CC(=O)O)n1. The highest BCUT2D eigenvalue weighted by atomic mass is 16.5. The summed E-state index contributed by atoms with van der Waals surface area (Å²) in [5, 5.41) is 20.7. The van der Waals surface area contributed by atoms with Crippen molar-refractivity contribution in [2.75, 3.05) is 7.11 Å². The molecule has 2 heterocycles. The lowest BCUT2D eigenvalue weighted by molar-refractivity contribution is -0.138. The molecule has 2 aliphatic rings. The first kappa shape index (κ1) is 23.0. The van der Waals surface area contributed by atoms with Crippen LogP contribution in [0.4, 0.5) is 0 Å². The largest absolute Gasteiger partial charge is 0.496 e. The molecule has 9 heteroatoms. The van der Waals surface area contributed by atoms with E-state index in [1.165, 1.54) is 19.3 Å². The van der Waals surface area contributed by atoms with Gasteiger partial charge in [0.1, 0.15) is 5.75 Å². The highest BCUT2D eigenvalue weighted by Crippen LogP contribution is 2.39. The van der Waals surface area contributed by atoms with E-state index in [1.807, 2.05) is 24.3 Å². The van der Waals surface area contributed by atoms with E-state index in [4.69, 9.17) is 9.84 Å². The van der Waals surface area contributed by atoms with Crippen LogP contribution in [0.5, 0.6) is 5.75 Å². The molecule has 0 aliphatic heterocycles. The number of rotatable bonds is 10. The molecule has 0 radical (unpaired) electrons. The molecule has 3 aromatic rings. The summed E-state index contributed by atoms with van der Waals surface area (Å²) in [6, 6.07) is 10.1. The Labute approximate surface area is 202 Å². The number of allylic oxidation sites excluding steroid dienone is 1. The van der Waals surface area contributed by atoms with Crippen molar-refractivity contribution >= 4 is 11.5 Å². The molecule has 182 valence electrons. The number of carboxylic acid groups (broad SMARTS) is 1. The molecule has 5 rings (SSSR count). The topological polar surface area (TPSA) is 123 Å². The highest BCUT2D eigenvalue weighted by molar-refractivity contribution is 5.79. The van der Waals surface area contributed by atoms with Crippen molar-refractivity contribution in [1.82, 2.24) is 25.2 Å². The molecule has 1 aromatic carbocycles. The van der Waals surface area contributed by atoms with E-state index in [2.05, 4.69) is 32.5 Å². The van der Waals surface area contributed by atoms with Crippen molar-refractivity contribution in [3.63, 3.8) is 0 Å². The number of ether oxygens (including phenoxy) is 1. The number of aliphatic carboxylic acids is 1. The number of methoxy groups -OCH3 is 1. The highest BCUT2D eigenvalue weighted by Gasteiger charge is 2.26. The van der Waals surface area contributed by atoms with Crippen LogP contribution in [0.25, 0.3) is 5.57 Å². The molecule has 0 atom stereocenters. The lowest BCUT2D eigenvalue weighted by atomic mass is 9.82. The molecule has 0 saturated heterocycles. The average Bonchev–Trinajstić information content (AvgIpc) is 3.56. The van der Waals surface area contributed by atoms with Crippen LogP contribution in [0.15, 0.2) is 41.2 Å². The Morgan fingerprint density at radius 1 is 1.20 bits per heavy atom. The van der Waals surface area contributed by atoms with Crippen molar-refractivity contribution < 1.29 is 14.6 Å². The van der Waals surface area contributed by atoms with Crippen molar-refractivity contribution in [2.24, 2.45) is 5.92 Å². The van der Waals surface area contributed by atoms with Crippen LogP contribution in [0.2, 0.25) is 0 Å². The van der Waals surface area contributed by atoms with Crippen LogP contribution in [0.3, 0.4) is 0 Å². The second kappa shape index (κ2) is 9.85. The number of carboxylic acids is 1. The Kier molecular flexibility index (Phi) is 6.48. The fraction of sp³-hybridized carbons (Fsp3) is 0.423. The second-order valence-corrected chi connectivity index (χ2v) is 9.36. The van der Waals surface area contributed by atoms with Crippen molar-refractivity contribution in [3.8, 4) is 5.75 Å². The number of hydrogen-bond acceptors (Lipinski definition) is 6. The Bertz CT molecular complexity index is 1320. The predicted molar refractivity (Wildman–Crippen MR) is 129 cm³/mol. The number of aromatic nitrogens is 5. The fourth-order valence-electron chi connectivity index (χ4n) is 4.47. The Balaban J connectivity index is 1.39. The van der Waals surface area contributed by atoms with Gasteiger partial charge >= 0.3 is 5.97 Å². The monoisotopic (exact) mass is 475 g/mol. The third-order valence-corrected chi connectivity index (χ3v) is 6.79. The maximum atomic E-state index is 12.7. The molecule has 2 aliphatic carbocycles. The minimum Gasteiger partial charge on any atom is -0.496 e. The number of H-pyrrole nitrogens is 1. The van der Waals surface area contributed by atoms with Gasteiger partial charge in [0.15, 0.2) is 12.4 Å². The predicted octanol–water partition coefficient (Wildman–Crippen LogP) is 3.35. The molecule has 0 unspecified atom stereocenters. The molecule has 0 amide bonds. The van der Waals surface area contributed by atoms with E-state index in [-0.39, 0.29) is 12.1 Å². The molecule has 2 N–H and O–H groups in total. The first-order valence-electron chi connectivity index (χ1n) is 12.1. The summed E-state index contributed by atoms with van der Waals surface area (Å²) >= 11 is 0. The minimum absolute atomic E-state index is 0.0107. The maximum Gasteiger partial charge on any atom is 0.327 e. The zero-order chi connectivity index (χ0) is 24.4. The van der Waals surface area contributed by atoms with E-state index in [0.29, 0.717) is 30.5 Å². The second-order valence-electron chi connectivity index (χ2n) is 9.36. The van der Waals surface area contributed by atoms with Gasteiger partial charge in [0.25, 0.3) is 5.56 Å². The van der Waals surface area contributed by atoms with Gasteiger partial charge in [0.2, 0.25) is 0 Å². The van der Waals surface area contributed by atoms with Crippen molar-refractivity contribution in [3.05, 3.63) is 75.0 Å². The van der Waals surface area contributed by atoms with Gasteiger partial charge in [-0.1, -0.05) is 30.7 Å². The van der Waals surface area contributed by atoms with Crippen molar-refractivity contribution in [2.45, 2.75) is 57.4 Å². The van der Waals surface area contributed by atoms with Gasteiger partial charge in [0.05, 0.1) is 7.11 Å². The Hall–Kier alpha value is -3.75. The summed E-state index contributed by atoms with van der Waals surface area (Å²) in [6.45, 7) is -0.315. The number of aromatic amines is 1. The van der Waals surface area contributed by atoms with Crippen LogP contribution in [0.1, 0.15) is 66.2 Å². The van der Waals surface area contributed by atoms with Crippen LogP contribution < -0.4 is 10.3 Å². The zero-order valence-corrected chi connectivity index (χ0v) is 19.7. The number of pyridine rings is 1. The molecule has 9 nitrogen and oxygen atoms in total. The van der Waals surface area contributed by atoms with Gasteiger partial charge in [-0.25, -0.2) is 0 Å². The van der Waals surface area contributed by atoms with Crippen molar-refractivity contribution in [1.29, 1.82) is 0 Å². The summed E-state index contributed by atoms with van der Waals surface area (Å²) in [5.41, 5.74) is 4.75. The number of tetrazole rings is 1. The average molecular weight is 476 g/mol. The summed E-state index contributed by atoms with van der Waals surface area (Å²) in [7, 11) is 1.64. The number of aryl methyl sites for hydroxylation is 2. The van der Waals surface area contributed by atoms with Gasteiger partial charge in [-0.05, 0) is 72.4 Å². The zero-order valence-electron chi connectivity index (χ0n) is 19.7. The van der Waals surface area contributed by atoms with Crippen LogP contribution in [-0.2, 0) is 24.2 Å². The van der Waals surface area contributed by atoms with Crippen LogP contribution in [-0.4, -0.2) is 43.4 Å². The molecule has 35 heavy (non-hydrogen) atoms. The number of nitrogens with zero attached hydrogens (tertiary/aromatic N) is 4. The molecular weight excluding hydrogens is 446 g/mol. The molecule has 0 bridgehead atoms. The van der Waals surface area contributed by atoms with Crippen LogP contribution in [0, 0.1) is 5.92 Å². The van der Waals surface area contributed by atoms with E-state index < -0.39 is 5.97 Å². The van der Waals surface area contributed by atoms with Gasteiger partial charge in [0, 0.05) is 23.3 Å². The third kappa shape index (κ3) is 5.34. The van der Waals surface area contributed by atoms with E-state index in [0.717, 1.165) is 51.3 Å². The summed E-state index contributed by atoms with van der Waals surface area (Å²) < 4.78 is 5.71. The van der Waals surface area contributed by atoms with E-state index >= 15 is 0 Å². The Morgan fingerprint density at radius 2 is 2.03 bits per heavy atom. The fourth-order valence-corrected chi connectivity index (χ4v) is 4.47. The number of carbonyl (C=O) groups is 1. The van der Waals surface area contributed by atoms with E-state index in [1.54, 1.807) is 7.11 Å². The first-order valence-corrected chi connectivity index (χ1v) is 12.1. The minimum atomic E-state index is -1.01. The normalized spacial score (nSPS) is 16.2. The summed E-state index contributed by atoms with van der Waals surface area (Å²) in [5.74, 6) is 1.14. The molecule has 2 aromatic heterocycles. The quantitative estimate of drug-likeness (QED) is 0.461. The molecule has 2 saturated carbocycles. The lowest BCUT2D eigenvalue weighted by Crippen LogP contribution is -2.15. The smallest absolute Gasteiger partial charge is 0.327 e. The molecular formula is C26H29N5O4.